The number of aliphatic hydroxyl groups excluding tert-OH is 1. The number of fused-ring (bicyclic) bond motifs is 2. The number of hydrogen-bond donors (Lipinski definition) is 5. The van der Waals surface area contributed by atoms with Crippen molar-refractivity contribution in [3.8, 4) is 0 Å². The quantitative estimate of drug-likeness (QED) is 0.314. The summed E-state index contributed by atoms with van der Waals surface area (Å²) in [6.45, 7) is 6.11. The number of rotatable bonds is 7. The van der Waals surface area contributed by atoms with Gasteiger partial charge < -0.3 is 10.4 Å². The third-order valence-electron chi connectivity index (χ3n) is 6.64. The summed E-state index contributed by atoms with van der Waals surface area (Å²) in [6, 6.07) is 11.4. The van der Waals surface area contributed by atoms with Gasteiger partial charge in [0.2, 0.25) is 10.0 Å². The van der Waals surface area contributed by atoms with Crippen LogP contribution in [0.2, 0.25) is 0 Å². The monoisotopic (exact) mass is 533 g/mol. The molecule has 1 aliphatic carbocycles. The molecule has 0 spiro atoms. The minimum absolute atomic E-state index is 0.0230. The molecule has 0 saturated carbocycles. The van der Waals surface area contributed by atoms with Crippen molar-refractivity contribution in [1.29, 1.82) is 0 Å². The Kier molecular flexibility index (Phi) is 6.71. The fourth-order valence-corrected chi connectivity index (χ4v) is 6.55. The Morgan fingerprint density at radius 3 is 2.50 bits per heavy atom. The first kappa shape index (κ1) is 26.2. The molecule has 11 heteroatoms. The molecule has 1 unspecified atom stereocenters. The van der Waals surface area contributed by atoms with E-state index in [0.717, 1.165) is 18.2 Å². The standard InChI is InChI=1S/C25H31N3O6S2/c1-5-25(13-12-15(2)3)18-9-7-6-8-17(18)22(29)21(23(25)30)24-26-19-11-10-16(27-35(4,31)32)14-20(19)36(33,34)28-24/h6-11,14-15,27,29,33-34H,5,12-13H2,1-4H3,(H,26,28). The van der Waals surface area contributed by atoms with Crippen LogP contribution >= 0.6 is 10.8 Å². The van der Waals surface area contributed by atoms with Crippen molar-refractivity contribution in [2.45, 2.75) is 50.3 Å². The smallest absolute Gasteiger partial charge is 0.229 e. The zero-order chi connectivity index (χ0) is 26.5. The number of carbonyl (C=O) groups is 1. The predicted molar refractivity (Wildman–Crippen MR) is 144 cm³/mol. The Morgan fingerprint density at radius 1 is 1.17 bits per heavy atom. The minimum atomic E-state index is -3.82. The van der Waals surface area contributed by atoms with Gasteiger partial charge in [0.25, 0.3) is 0 Å². The topological polar surface area (TPSA) is 148 Å². The van der Waals surface area contributed by atoms with Gasteiger partial charge in [-0.25, -0.2) is 8.42 Å². The minimum Gasteiger partial charge on any atom is -0.506 e. The van der Waals surface area contributed by atoms with Crippen molar-refractivity contribution >= 4 is 49.6 Å². The summed E-state index contributed by atoms with van der Waals surface area (Å²) < 4.78 is 51.4. The molecule has 5 N–H and O–H groups in total. The third kappa shape index (κ3) is 4.63. The lowest BCUT2D eigenvalue weighted by molar-refractivity contribution is -0.121. The average molecular weight is 534 g/mol. The Morgan fingerprint density at radius 2 is 1.86 bits per heavy atom. The molecule has 0 bridgehead atoms. The highest BCUT2D eigenvalue weighted by Gasteiger charge is 2.48. The Bertz CT molecular complexity index is 1400. The second-order valence-corrected chi connectivity index (χ2v) is 13.0. The van der Waals surface area contributed by atoms with Crippen molar-refractivity contribution in [2.75, 3.05) is 16.3 Å². The number of sulfonamides is 1. The van der Waals surface area contributed by atoms with Gasteiger partial charge in [-0.15, -0.1) is 4.40 Å². The highest BCUT2D eigenvalue weighted by atomic mass is 32.3. The summed E-state index contributed by atoms with van der Waals surface area (Å²) in [4.78, 5) is 14.1. The molecule has 194 valence electrons. The second kappa shape index (κ2) is 9.22. The van der Waals surface area contributed by atoms with Crippen LogP contribution in [-0.2, 0) is 20.2 Å². The zero-order valence-electron chi connectivity index (χ0n) is 20.6. The summed E-state index contributed by atoms with van der Waals surface area (Å²) in [7, 11) is -7.40. The van der Waals surface area contributed by atoms with E-state index in [1.807, 2.05) is 19.1 Å². The van der Waals surface area contributed by atoms with Crippen LogP contribution in [0.1, 0.15) is 51.2 Å². The molecule has 36 heavy (non-hydrogen) atoms. The van der Waals surface area contributed by atoms with Crippen LogP contribution in [0.3, 0.4) is 0 Å². The van der Waals surface area contributed by atoms with E-state index in [-0.39, 0.29) is 39.2 Å². The number of carbonyl (C=O) groups excluding carboxylic acids is 1. The number of nitrogens with zero attached hydrogens (tertiary/aromatic N) is 1. The average Bonchev–Trinajstić information content (AvgIpc) is 2.78. The van der Waals surface area contributed by atoms with E-state index >= 15 is 0 Å². The predicted octanol–water partition coefficient (Wildman–Crippen LogP) is 5.54. The van der Waals surface area contributed by atoms with Gasteiger partial charge in [-0.05, 0) is 48.9 Å². The van der Waals surface area contributed by atoms with Crippen molar-refractivity contribution < 1.29 is 27.4 Å². The molecule has 0 amide bonds. The number of nitrogens with one attached hydrogen (secondary N) is 2. The first-order valence-corrected chi connectivity index (χ1v) is 15.0. The maximum atomic E-state index is 14.1. The first-order valence-electron chi connectivity index (χ1n) is 11.6. The molecular formula is C25H31N3O6S2. The first-order chi connectivity index (χ1) is 16.8. The SMILES string of the molecule is CCC1(CCC(C)C)C(=O)C(C2=NS(O)(O)c3cc(NS(C)(=O)=O)ccc3N2)=C(O)c2ccccc21. The van der Waals surface area contributed by atoms with E-state index in [1.165, 1.54) is 18.2 Å². The lowest BCUT2D eigenvalue weighted by Gasteiger charge is -2.40. The molecule has 0 aromatic heterocycles. The van der Waals surface area contributed by atoms with Gasteiger partial charge in [0.15, 0.2) is 11.6 Å². The van der Waals surface area contributed by atoms with Crippen LogP contribution in [0.25, 0.3) is 5.76 Å². The molecule has 9 nitrogen and oxygen atoms in total. The molecule has 0 saturated heterocycles. The van der Waals surface area contributed by atoms with Gasteiger partial charge >= 0.3 is 0 Å². The van der Waals surface area contributed by atoms with E-state index in [9.17, 15) is 27.4 Å². The summed E-state index contributed by atoms with van der Waals surface area (Å²) in [6.07, 6.45) is 2.83. The summed E-state index contributed by atoms with van der Waals surface area (Å²) >= 11 is 0. The molecule has 0 radical (unpaired) electrons. The molecule has 0 fully saturated rings. The van der Waals surface area contributed by atoms with E-state index in [1.54, 1.807) is 12.1 Å². The lowest BCUT2D eigenvalue weighted by atomic mass is 9.64. The van der Waals surface area contributed by atoms with Crippen LogP contribution in [0, 0.1) is 5.92 Å². The molecule has 1 heterocycles. The highest BCUT2D eigenvalue weighted by Crippen LogP contribution is 2.57. The highest BCUT2D eigenvalue weighted by molar-refractivity contribution is 8.23. The van der Waals surface area contributed by atoms with E-state index in [4.69, 9.17) is 0 Å². The van der Waals surface area contributed by atoms with E-state index in [2.05, 4.69) is 28.3 Å². The normalized spacial score (nSPS) is 21.9. The Hall–Kier alpha value is -2.86. The Balaban J connectivity index is 1.85. The summed E-state index contributed by atoms with van der Waals surface area (Å²) in [5.74, 6) is -0.382. The fourth-order valence-electron chi connectivity index (χ4n) is 4.81. The van der Waals surface area contributed by atoms with Crippen molar-refractivity contribution in [3.05, 3.63) is 59.2 Å². The molecule has 2 aromatic carbocycles. The van der Waals surface area contributed by atoms with Gasteiger partial charge in [-0.1, -0.05) is 55.8 Å². The number of anilines is 2. The van der Waals surface area contributed by atoms with E-state index in [0.29, 0.717) is 24.3 Å². The number of Topliss-reactive ketones (excluding diaryl/α,β-unsaturated/α-hetero) is 1. The van der Waals surface area contributed by atoms with Gasteiger partial charge in [-0.3, -0.25) is 18.6 Å². The van der Waals surface area contributed by atoms with Crippen LogP contribution in [0.5, 0.6) is 0 Å². The van der Waals surface area contributed by atoms with Crippen molar-refractivity contribution in [3.63, 3.8) is 0 Å². The van der Waals surface area contributed by atoms with Crippen molar-refractivity contribution in [2.24, 2.45) is 10.3 Å². The van der Waals surface area contributed by atoms with E-state index < -0.39 is 26.2 Å². The number of ketones is 1. The molecular weight excluding hydrogens is 502 g/mol. The largest absolute Gasteiger partial charge is 0.506 e. The molecule has 2 aromatic rings. The summed E-state index contributed by atoms with van der Waals surface area (Å²) in [5.41, 5.74) is 0.647. The van der Waals surface area contributed by atoms with Crippen LogP contribution < -0.4 is 10.0 Å². The maximum absolute atomic E-state index is 14.1. The number of amidine groups is 1. The molecule has 2 aliphatic rings. The molecule has 1 aliphatic heterocycles. The van der Waals surface area contributed by atoms with Gasteiger partial charge in [0.1, 0.15) is 16.2 Å². The van der Waals surface area contributed by atoms with Gasteiger partial charge in [-0.2, -0.15) is 0 Å². The number of aliphatic hydroxyl groups is 1. The lowest BCUT2D eigenvalue weighted by Crippen LogP contribution is -2.44. The maximum Gasteiger partial charge on any atom is 0.229 e. The number of benzene rings is 2. The molecule has 4 rings (SSSR count). The zero-order valence-corrected chi connectivity index (χ0v) is 22.2. The van der Waals surface area contributed by atoms with Gasteiger partial charge in [0, 0.05) is 5.56 Å². The van der Waals surface area contributed by atoms with Gasteiger partial charge in [0.05, 0.1) is 23.0 Å². The van der Waals surface area contributed by atoms with Crippen molar-refractivity contribution in [1.82, 2.24) is 0 Å². The number of hydrogen-bond acceptors (Lipinski definition) is 8. The fraction of sp³-hybridized carbons (Fsp3) is 0.360. The second-order valence-electron chi connectivity index (χ2n) is 9.64. The van der Waals surface area contributed by atoms with Crippen LogP contribution in [0.15, 0.2) is 57.3 Å². The Labute approximate surface area is 212 Å². The summed E-state index contributed by atoms with van der Waals surface area (Å²) in [5, 5.41) is 14.2. The molecule has 1 atom stereocenters. The van der Waals surface area contributed by atoms with Crippen LogP contribution in [0.4, 0.5) is 11.4 Å². The third-order valence-corrected chi connectivity index (χ3v) is 8.61. The van der Waals surface area contributed by atoms with Crippen LogP contribution in [-0.4, -0.2) is 40.5 Å².